The second-order valence-electron chi connectivity index (χ2n) is 4.09. The van der Waals surface area contributed by atoms with Gasteiger partial charge in [-0.15, -0.1) is 0 Å². The summed E-state index contributed by atoms with van der Waals surface area (Å²) >= 11 is 0. The fourth-order valence-corrected chi connectivity index (χ4v) is 1.86. The van der Waals surface area contributed by atoms with Crippen LogP contribution in [0.3, 0.4) is 0 Å². The van der Waals surface area contributed by atoms with Crippen LogP contribution < -0.4 is 4.74 Å². The molecule has 20 heavy (non-hydrogen) atoms. The van der Waals surface area contributed by atoms with E-state index in [-0.39, 0.29) is 0 Å². The molecule has 0 aliphatic heterocycles. The summed E-state index contributed by atoms with van der Waals surface area (Å²) in [6.45, 7) is 0. The largest absolute Gasteiger partial charge is 0.496 e. The maximum Gasteiger partial charge on any atom is 0.231 e. The molecule has 6 heteroatoms. The highest BCUT2D eigenvalue weighted by molar-refractivity contribution is 5.45. The third-order valence-electron chi connectivity index (χ3n) is 2.79. The Morgan fingerprint density at radius 3 is 2.90 bits per heavy atom. The summed E-state index contributed by atoms with van der Waals surface area (Å²) < 4.78 is 10.5. The number of nitrogens with zero attached hydrogens (tertiary/aromatic N) is 4. The molecule has 3 aromatic rings. The SMILES string of the molecule is COc1ccccc1Cc1nc(-c2cnccn2)no1. The highest BCUT2D eigenvalue weighted by Gasteiger charge is 2.12. The van der Waals surface area contributed by atoms with E-state index in [0.29, 0.717) is 23.8 Å². The predicted octanol–water partition coefficient (Wildman–Crippen LogP) is 2.13. The molecule has 0 bridgehead atoms. The van der Waals surface area contributed by atoms with E-state index < -0.39 is 0 Å². The molecule has 0 aliphatic carbocycles. The third-order valence-corrected chi connectivity index (χ3v) is 2.79. The zero-order chi connectivity index (χ0) is 13.8. The molecule has 0 aliphatic rings. The van der Waals surface area contributed by atoms with Crippen molar-refractivity contribution in [2.24, 2.45) is 0 Å². The van der Waals surface area contributed by atoms with Crippen LogP contribution in [0.4, 0.5) is 0 Å². The molecule has 0 spiro atoms. The Labute approximate surface area is 115 Å². The number of aromatic nitrogens is 4. The first-order valence-corrected chi connectivity index (χ1v) is 6.07. The zero-order valence-electron chi connectivity index (χ0n) is 10.9. The third kappa shape index (κ3) is 2.49. The lowest BCUT2D eigenvalue weighted by molar-refractivity contribution is 0.379. The number of rotatable bonds is 4. The molecule has 100 valence electrons. The van der Waals surface area contributed by atoms with Crippen molar-refractivity contribution in [1.29, 1.82) is 0 Å². The van der Waals surface area contributed by atoms with Gasteiger partial charge in [0.2, 0.25) is 11.7 Å². The number of benzene rings is 1. The van der Waals surface area contributed by atoms with E-state index in [4.69, 9.17) is 9.26 Å². The van der Waals surface area contributed by atoms with Crippen molar-refractivity contribution in [2.45, 2.75) is 6.42 Å². The summed E-state index contributed by atoms with van der Waals surface area (Å²) in [4.78, 5) is 12.4. The van der Waals surface area contributed by atoms with Crippen LogP contribution in [0.1, 0.15) is 11.5 Å². The maximum atomic E-state index is 5.30. The Morgan fingerprint density at radius 1 is 1.20 bits per heavy atom. The Morgan fingerprint density at radius 2 is 2.10 bits per heavy atom. The first kappa shape index (κ1) is 12.3. The molecule has 2 heterocycles. The van der Waals surface area contributed by atoms with E-state index in [1.54, 1.807) is 25.7 Å². The van der Waals surface area contributed by atoms with Crippen molar-refractivity contribution in [3.8, 4) is 17.3 Å². The van der Waals surface area contributed by atoms with Gasteiger partial charge in [0.15, 0.2) is 0 Å². The van der Waals surface area contributed by atoms with Crippen LogP contribution in [-0.2, 0) is 6.42 Å². The van der Waals surface area contributed by atoms with Gasteiger partial charge in [0.05, 0.1) is 19.7 Å². The second kappa shape index (κ2) is 5.48. The molecule has 0 fully saturated rings. The van der Waals surface area contributed by atoms with Crippen LogP contribution in [0.25, 0.3) is 11.5 Å². The molecule has 0 saturated carbocycles. The minimum Gasteiger partial charge on any atom is -0.496 e. The number of ether oxygens (including phenoxy) is 1. The lowest BCUT2D eigenvalue weighted by Crippen LogP contribution is -1.94. The molecule has 0 radical (unpaired) electrons. The smallest absolute Gasteiger partial charge is 0.231 e. The maximum absolute atomic E-state index is 5.30. The van der Waals surface area contributed by atoms with Gasteiger partial charge in [0.1, 0.15) is 11.4 Å². The molecule has 0 atom stereocenters. The molecular formula is C14H12N4O2. The minimum absolute atomic E-state index is 0.433. The van der Waals surface area contributed by atoms with E-state index >= 15 is 0 Å². The summed E-state index contributed by atoms with van der Waals surface area (Å²) in [5.41, 5.74) is 1.58. The van der Waals surface area contributed by atoms with Crippen molar-refractivity contribution >= 4 is 0 Å². The van der Waals surface area contributed by atoms with E-state index in [1.807, 2.05) is 24.3 Å². The topological polar surface area (TPSA) is 73.9 Å². The van der Waals surface area contributed by atoms with E-state index in [1.165, 1.54) is 0 Å². The van der Waals surface area contributed by atoms with Crippen molar-refractivity contribution in [2.75, 3.05) is 7.11 Å². The van der Waals surface area contributed by atoms with Gasteiger partial charge in [0, 0.05) is 18.0 Å². The van der Waals surface area contributed by atoms with Gasteiger partial charge in [-0.05, 0) is 6.07 Å². The standard InChI is InChI=1S/C14H12N4O2/c1-19-12-5-3-2-4-10(12)8-13-17-14(18-20-13)11-9-15-6-7-16-11/h2-7,9H,8H2,1H3. The van der Waals surface area contributed by atoms with Crippen LogP contribution in [0.15, 0.2) is 47.4 Å². The predicted molar refractivity (Wildman–Crippen MR) is 71.1 cm³/mol. The van der Waals surface area contributed by atoms with Crippen LogP contribution in [0, 0.1) is 0 Å². The Bertz CT molecular complexity index is 697. The first-order valence-electron chi connectivity index (χ1n) is 6.07. The van der Waals surface area contributed by atoms with Crippen LogP contribution in [0.5, 0.6) is 5.75 Å². The highest BCUT2D eigenvalue weighted by Crippen LogP contribution is 2.21. The molecule has 0 amide bonds. The molecule has 0 unspecified atom stereocenters. The molecule has 0 N–H and O–H groups in total. The molecular weight excluding hydrogens is 256 g/mol. The number of para-hydroxylation sites is 1. The van der Waals surface area contributed by atoms with Crippen molar-refractivity contribution < 1.29 is 9.26 Å². The summed E-state index contributed by atoms with van der Waals surface area (Å²) in [5.74, 6) is 1.74. The van der Waals surface area contributed by atoms with Crippen LogP contribution >= 0.6 is 0 Å². The summed E-state index contributed by atoms with van der Waals surface area (Å²) in [6.07, 6.45) is 5.29. The van der Waals surface area contributed by atoms with Crippen molar-refractivity contribution in [3.63, 3.8) is 0 Å². The van der Waals surface area contributed by atoms with E-state index in [0.717, 1.165) is 11.3 Å². The van der Waals surface area contributed by atoms with Crippen LogP contribution in [0.2, 0.25) is 0 Å². The van der Waals surface area contributed by atoms with Gasteiger partial charge in [0.25, 0.3) is 0 Å². The summed E-state index contributed by atoms with van der Waals surface area (Å²) in [7, 11) is 1.64. The molecule has 2 aromatic heterocycles. The Balaban J connectivity index is 1.84. The molecule has 6 nitrogen and oxygen atoms in total. The van der Waals surface area contributed by atoms with Gasteiger partial charge in [-0.3, -0.25) is 4.98 Å². The number of hydrogen-bond acceptors (Lipinski definition) is 6. The van der Waals surface area contributed by atoms with Crippen molar-refractivity contribution in [1.82, 2.24) is 20.1 Å². The number of hydrogen-bond donors (Lipinski definition) is 0. The fourth-order valence-electron chi connectivity index (χ4n) is 1.86. The van der Waals surface area contributed by atoms with Crippen LogP contribution in [-0.4, -0.2) is 27.2 Å². The van der Waals surface area contributed by atoms with Crippen molar-refractivity contribution in [3.05, 3.63) is 54.3 Å². The van der Waals surface area contributed by atoms with Gasteiger partial charge in [-0.25, -0.2) is 4.98 Å². The summed E-state index contributed by atoms with van der Waals surface area (Å²) in [5, 5.41) is 3.91. The van der Waals surface area contributed by atoms with Gasteiger partial charge in [-0.1, -0.05) is 23.4 Å². The van der Waals surface area contributed by atoms with Gasteiger partial charge < -0.3 is 9.26 Å². The normalized spacial score (nSPS) is 10.4. The van der Waals surface area contributed by atoms with E-state index in [9.17, 15) is 0 Å². The first-order chi connectivity index (χ1) is 9.86. The highest BCUT2D eigenvalue weighted by atomic mass is 16.5. The quantitative estimate of drug-likeness (QED) is 0.721. The minimum atomic E-state index is 0.433. The lowest BCUT2D eigenvalue weighted by Gasteiger charge is -2.04. The Hall–Kier alpha value is -2.76. The molecule has 0 saturated heterocycles. The van der Waals surface area contributed by atoms with E-state index in [2.05, 4.69) is 20.1 Å². The fraction of sp³-hybridized carbons (Fsp3) is 0.143. The molecule has 1 aromatic carbocycles. The second-order valence-corrected chi connectivity index (χ2v) is 4.09. The number of methoxy groups -OCH3 is 1. The average Bonchev–Trinajstić information content (AvgIpc) is 2.97. The lowest BCUT2D eigenvalue weighted by atomic mass is 10.1. The monoisotopic (exact) mass is 268 g/mol. The van der Waals surface area contributed by atoms with Gasteiger partial charge >= 0.3 is 0 Å². The Kier molecular flexibility index (Phi) is 3.36. The average molecular weight is 268 g/mol. The van der Waals surface area contributed by atoms with Gasteiger partial charge in [-0.2, -0.15) is 4.98 Å². The zero-order valence-corrected chi connectivity index (χ0v) is 10.9. The summed E-state index contributed by atoms with van der Waals surface area (Å²) in [6, 6.07) is 7.72. The molecule has 3 rings (SSSR count).